The molecule has 1 heterocycles. The highest BCUT2D eigenvalue weighted by atomic mass is 16.4. The van der Waals surface area contributed by atoms with Crippen molar-refractivity contribution in [1.29, 1.82) is 0 Å². The molecule has 0 saturated carbocycles. The van der Waals surface area contributed by atoms with Crippen molar-refractivity contribution in [2.24, 2.45) is 0 Å². The van der Waals surface area contributed by atoms with Crippen molar-refractivity contribution in [3.05, 3.63) is 59.7 Å². The standard InChI is InChI=1S/C18H18N2O3/c1-2-14-17(21)20(16-6-4-3-5-15(16)19-14)11-12-7-9-13(10-8-12)18(22)23/h3-10,14,19H,2,11H2,1H3,(H,22,23). The molecule has 1 amide bonds. The van der Waals surface area contributed by atoms with E-state index in [-0.39, 0.29) is 17.5 Å². The van der Waals surface area contributed by atoms with Crippen molar-refractivity contribution in [2.75, 3.05) is 10.2 Å². The molecule has 1 unspecified atom stereocenters. The van der Waals surface area contributed by atoms with E-state index in [1.807, 2.05) is 31.2 Å². The van der Waals surface area contributed by atoms with E-state index < -0.39 is 5.97 Å². The molecule has 5 heteroatoms. The van der Waals surface area contributed by atoms with Crippen LogP contribution in [0.15, 0.2) is 48.5 Å². The first kappa shape index (κ1) is 15.1. The quantitative estimate of drug-likeness (QED) is 0.910. The lowest BCUT2D eigenvalue weighted by atomic mass is 10.0. The van der Waals surface area contributed by atoms with E-state index in [0.717, 1.165) is 16.9 Å². The van der Waals surface area contributed by atoms with Crippen LogP contribution in [-0.4, -0.2) is 23.0 Å². The van der Waals surface area contributed by atoms with E-state index in [9.17, 15) is 9.59 Å². The topological polar surface area (TPSA) is 69.6 Å². The monoisotopic (exact) mass is 310 g/mol. The highest BCUT2D eigenvalue weighted by Gasteiger charge is 2.30. The second-order valence-electron chi connectivity index (χ2n) is 5.55. The number of para-hydroxylation sites is 2. The molecule has 0 aliphatic carbocycles. The fourth-order valence-corrected chi connectivity index (χ4v) is 2.76. The summed E-state index contributed by atoms with van der Waals surface area (Å²) in [5.74, 6) is -0.917. The number of nitrogens with zero attached hydrogens (tertiary/aromatic N) is 1. The number of carboxylic acids is 1. The number of carbonyl (C=O) groups excluding carboxylic acids is 1. The zero-order valence-corrected chi connectivity index (χ0v) is 12.8. The molecular weight excluding hydrogens is 292 g/mol. The Morgan fingerprint density at radius 3 is 2.52 bits per heavy atom. The molecule has 2 N–H and O–H groups in total. The highest BCUT2D eigenvalue weighted by Crippen LogP contribution is 2.33. The molecule has 118 valence electrons. The Balaban J connectivity index is 1.91. The number of hydrogen-bond donors (Lipinski definition) is 2. The van der Waals surface area contributed by atoms with Crippen LogP contribution in [0.1, 0.15) is 29.3 Å². The smallest absolute Gasteiger partial charge is 0.335 e. The van der Waals surface area contributed by atoms with Gasteiger partial charge in [0.1, 0.15) is 6.04 Å². The Hall–Kier alpha value is -2.82. The normalized spacial score (nSPS) is 16.7. The summed E-state index contributed by atoms with van der Waals surface area (Å²) in [6.45, 7) is 2.40. The number of anilines is 2. The van der Waals surface area contributed by atoms with E-state index in [1.54, 1.807) is 29.2 Å². The molecule has 0 radical (unpaired) electrons. The van der Waals surface area contributed by atoms with E-state index in [2.05, 4.69) is 5.32 Å². The third-order valence-electron chi connectivity index (χ3n) is 4.04. The Labute approximate surface area is 134 Å². The minimum Gasteiger partial charge on any atom is -0.478 e. The number of aromatic carboxylic acids is 1. The summed E-state index contributed by atoms with van der Waals surface area (Å²) in [6.07, 6.45) is 0.710. The van der Waals surface area contributed by atoms with Gasteiger partial charge in [-0.1, -0.05) is 31.2 Å². The van der Waals surface area contributed by atoms with Crippen LogP contribution < -0.4 is 10.2 Å². The van der Waals surface area contributed by atoms with Crippen molar-refractivity contribution in [3.8, 4) is 0 Å². The molecule has 2 aromatic rings. The average molecular weight is 310 g/mol. The summed E-state index contributed by atoms with van der Waals surface area (Å²) >= 11 is 0. The van der Waals surface area contributed by atoms with Gasteiger partial charge in [-0.15, -0.1) is 0 Å². The van der Waals surface area contributed by atoms with E-state index in [1.165, 1.54) is 0 Å². The molecule has 0 fully saturated rings. The minimum absolute atomic E-state index is 0.0357. The first-order valence-corrected chi connectivity index (χ1v) is 7.59. The SMILES string of the molecule is CCC1Nc2ccccc2N(Cc2ccc(C(=O)O)cc2)C1=O. The maximum absolute atomic E-state index is 12.7. The number of rotatable bonds is 4. The van der Waals surface area contributed by atoms with E-state index in [4.69, 9.17) is 5.11 Å². The van der Waals surface area contributed by atoms with E-state index >= 15 is 0 Å². The van der Waals surface area contributed by atoms with Gasteiger partial charge >= 0.3 is 5.97 Å². The van der Waals surface area contributed by atoms with Crippen LogP contribution in [0.3, 0.4) is 0 Å². The van der Waals surface area contributed by atoms with Crippen LogP contribution in [0.5, 0.6) is 0 Å². The largest absolute Gasteiger partial charge is 0.478 e. The minimum atomic E-state index is -0.953. The van der Waals surface area contributed by atoms with Crippen molar-refractivity contribution in [3.63, 3.8) is 0 Å². The lowest BCUT2D eigenvalue weighted by Gasteiger charge is -2.35. The predicted octanol–water partition coefficient (Wildman–Crippen LogP) is 3.12. The van der Waals surface area contributed by atoms with Gasteiger partial charge in [0.15, 0.2) is 0 Å². The maximum atomic E-state index is 12.7. The number of carboxylic acid groups (broad SMARTS) is 1. The Morgan fingerprint density at radius 2 is 1.87 bits per heavy atom. The number of amides is 1. The molecule has 0 saturated heterocycles. The summed E-state index contributed by atoms with van der Waals surface area (Å²) in [4.78, 5) is 25.4. The van der Waals surface area contributed by atoms with Crippen molar-refractivity contribution < 1.29 is 14.7 Å². The van der Waals surface area contributed by atoms with E-state index in [0.29, 0.717) is 13.0 Å². The zero-order chi connectivity index (χ0) is 16.4. The third-order valence-corrected chi connectivity index (χ3v) is 4.04. The third kappa shape index (κ3) is 2.90. The summed E-state index contributed by atoms with van der Waals surface area (Å²) in [5.41, 5.74) is 2.94. The van der Waals surface area contributed by atoms with Crippen LogP contribution >= 0.6 is 0 Å². The van der Waals surface area contributed by atoms with Gasteiger partial charge in [-0.2, -0.15) is 0 Å². The summed E-state index contributed by atoms with van der Waals surface area (Å²) < 4.78 is 0. The molecule has 2 aromatic carbocycles. The molecule has 1 aliphatic rings. The second-order valence-corrected chi connectivity index (χ2v) is 5.55. The first-order valence-electron chi connectivity index (χ1n) is 7.59. The van der Waals surface area contributed by atoms with Crippen LogP contribution in [-0.2, 0) is 11.3 Å². The zero-order valence-electron chi connectivity index (χ0n) is 12.8. The number of carbonyl (C=O) groups is 2. The highest BCUT2D eigenvalue weighted by molar-refractivity contribution is 6.04. The van der Waals surface area contributed by atoms with Crippen molar-refractivity contribution in [2.45, 2.75) is 25.9 Å². The fraction of sp³-hybridized carbons (Fsp3) is 0.222. The van der Waals surface area contributed by atoms with Crippen LogP contribution in [0.2, 0.25) is 0 Å². The molecular formula is C18H18N2O3. The Morgan fingerprint density at radius 1 is 1.17 bits per heavy atom. The summed E-state index contributed by atoms with van der Waals surface area (Å²) in [5, 5.41) is 12.2. The van der Waals surface area contributed by atoms with Gasteiger partial charge in [0.2, 0.25) is 5.91 Å². The summed E-state index contributed by atoms with van der Waals surface area (Å²) in [7, 11) is 0. The van der Waals surface area contributed by atoms with Crippen LogP contribution in [0.4, 0.5) is 11.4 Å². The van der Waals surface area contributed by atoms with Gasteiger partial charge in [-0.05, 0) is 36.2 Å². The van der Waals surface area contributed by atoms with Gasteiger partial charge in [-0.25, -0.2) is 4.79 Å². The lowest BCUT2D eigenvalue weighted by molar-refractivity contribution is -0.119. The Bertz CT molecular complexity index is 740. The van der Waals surface area contributed by atoms with Crippen molar-refractivity contribution in [1.82, 2.24) is 0 Å². The molecule has 0 aromatic heterocycles. The fourth-order valence-electron chi connectivity index (χ4n) is 2.76. The van der Waals surface area contributed by atoms with Crippen molar-refractivity contribution >= 4 is 23.3 Å². The average Bonchev–Trinajstić information content (AvgIpc) is 2.57. The second kappa shape index (κ2) is 6.12. The molecule has 1 atom stereocenters. The van der Waals surface area contributed by atoms with Gasteiger partial charge in [0.05, 0.1) is 23.5 Å². The molecule has 1 aliphatic heterocycles. The van der Waals surface area contributed by atoms with Crippen LogP contribution in [0, 0.1) is 0 Å². The first-order chi connectivity index (χ1) is 11.1. The Kier molecular flexibility index (Phi) is 4.02. The number of nitrogens with one attached hydrogen (secondary N) is 1. The summed E-state index contributed by atoms with van der Waals surface area (Å²) in [6, 6.07) is 14.1. The number of fused-ring (bicyclic) bond motifs is 1. The maximum Gasteiger partial charge on any atom is 0.335 e. The molecule has 0 spiro atoms. The number of benzene rings is 2. The predicted molar refractivity (Wildman–Crippen MR) is 88.7 cm³/mol. The molecule has 23 heavy (non-hydrogen) atoms. The van der Waals surface area contributed by atoms with Gasteiger partial charge in [0.25, 0.3) is 0 Å². The molecule has 3 rings (SSSR count). The molecule has 0 bridgehead atoms. The molecule has 5 nitrogen and oxygen atoms in total. The lowest BCUT2D eigenvalue weighted by Crippen LogP contribution is -2.46. The van der Waals surface area contributed by atoms with Gasteiger partial charge < -0.3 is 15.3 Å². The van der Waals surface area contributed by atoms with Gasteiger partial charge in [0, 0.05) is 0 Å². The van der Waals surface area contributed by atoms with Gasteiger partial charge in [-0.3, -0.25) is 4.79 Å². The number of hydrogen-bond acceptors (Lipinski definition) is 3. The van der Waals surface area contributed by atoms with Crippen LogP contribution in [0.25, 0.3) is 0 Å².